The summed E-state index contributed by atoms with van der Waals surface area (Å²) in [5.74, 6) is 0.498. The first-order valence-corrected chi connectivity index (χ1v) is 7.99. The fraction of sp³-hybridized carbons (Fsp3) is 0.600. The van der Waals surface area contributed by atoms with E-state index in [0.29, 0.717) is 22.3 Å². The maximum Gasteiger partial charge on any atom is 0.138 e. The van der Waals surface area contributed by atoms with Gasteiger partial charge in [0.2, 0.25) is 0 Å². The zero-order chi connectivity index (χ0) is 15.2. The maximum absolute atomic E-state index is 9.93. The monoisotopic (exact) mass is 333 g/mol. The molecule has 6 heteroatoms. The number of hydrogen-bond acceptors (Lipinski definition) is 4. The molecule has 1 fully saturated rings. The smallest absolute Gasteiger partial charge is 0.138 e. The summed E-state index contributed by atoms with van der Waals surface area (Å²) in [6.45, 7) is 0.518. The van der Waals surface area contributed by atoms with E-state index in [2.05, 4.69) is 5.32 Å². The molecule has 21 heavy (non-hydrogen) atoms. The minimum absolute atomic E-state index is 0.0625. The van der Waals surface area contributed by atoms with Gasteiger partial charge in [-0.25, -0.2) is 0 Å². The highest BCUT2D eigenvalue weighted by Crippen LogP contribution is 2.27. The lowest BCUT2D eigenvalue weighted by Gasteiger charge is -2.29. The van der Waals surface area contributed by atoms with E-state index in [4.69, 9.17) is 27.9 Å². The molecule has 3 unspecified atom stereocenters. The van der Waals surface area contributed by atoms with Gasteiger partial charge in [0.05, 0.1) is 11.1 Å². The fourth-order valence-electron chi connectivity index (χ4n) is 2.47. The second kappa shape index (κ2) is 8.20. The molecule has 1 aliphatic rings. The predicted octanol–water partition coefficient (Wildman–Crippen LogP) is 2.63. The van der Waals surface area contributed by atoms with Crippen LogP contribution < -0.4 is 10.1 Å². The quantitative estimate of drug-likeness (QED) is 0.748. The van der Waals surface area contributed by atoms with Crippen LogP contribution in [0.15, 0.2) is 18.2 Å². The number of rotatable bonds is 6. The number of hydrogen-bond donors (Lipinski definition) is 3. The Labute approximate surface area is 135 Å². The van der Waals surface area contributed by atoms with Crippen LogP contribution >= 0.6 is 23.2 Å². The molecule has 0 heterocycles. The van der Waals surface area contributed by atoms with Crippen molar-refractivity contribution >= 4 is 23.2 Å². The van der Waals surface area contributed by atoms with E-state index in [-0.39, 0.29) is 18.8 Å². The maximum atomic E-state index is 9.93. The second-order valence-corrected chi connectivity index (χ2v) is 6.25. The van der Waals surface area contributed by atoms with Crippen molar-refractivity contribution in [3.8, 4) is 5.75 Å². The van der Waals surface area contributed by atoms with Crippen molar-refractivity contribution in [2.75, 3.05) is 13.2 Å². The molecule has 118 valence electrons. The molecule has 0 spiro atoms. The minimum atomic E-state index is -0.661. The third-order valence-corrected chi connectivity index (χ3v) is 4.20. The van der Waals surface area contributed by atoms with Gasteiger partial charge in [-0.15, -0.1) is 0 Å². The molecule has 4 nitrogen and oxygen atoms in total. The number of aliphatic hydroxyl groups is 2. The van der Waals surface area contributed by atoms with Gasteiger partial charge in [-0.1, -0.05) is 36.0 Å². The molecule has 3 atom stereocenters. The summed E-state index contributed by atoms with van der Waals surface area (Å²) in [5.41, 5.74) is 0. The summed E-state index contributed by atoms with van der Waals surface area (Å²) in [6, 6.07) is 5.02. The summed E-state index contributed by atoms with van der Waals surface area (Å²) in [7, 11) is 0. The average molecular weight is 334 g/mol. The largest absolute Gasteiger partial charge is 0.489 e. The standard InChI is InChI=1S/C15H21Cl2NO3/c16-10-5-6-15(12(17)7-10)21-9-11(19)8-18-13-3-1-2-4-14(13)20/h5-7,11,13-14,18-20H,1-4,8-9H2. The van der Waals surface area contributed by atoms with E-state index >= 15 is 0 Å². The lowest BCUT2D eigenvalue weighted by Crippen LogP contribution is -2.45. The van der Waals surface area contributed by atoms with Crippen molar-refractivity contribution in [2.24, 2.45) is 0 Å². The van der Waals surface area contributed by atoms with Gasteiger partial charge in [0.15, 0.2) is 0 Å². The van der Waals surface area contributed by atoms with E-state index < -0.39 is 6.10 Å². The Balaban J connectivity index is 1.73. The lowest BCUT2D eigenvalue weighted by molar-refractivity contribution is 0.0673. The van der Waals surface area contributed by atoms with Gasteiger partial charge in [0.1, 0.15) is 18.5 Å². The molecule has 0 amide bonds. The molecule has 2 rings (SSSR count). The number of halogens is 2. The van der Waals surface area contributed by atoms with E-state index in [1.54, 1.807) is 18.2 Å². The Morgan fingerprint density at radius 1 is 1.29 bits per heavy atom. The molecule has 1 aliphatic carbocycles. The lowest BCUT2D eigenvalue weighted by atomic mass is 9.92. The van der Waals surface area contributed by atoms with Gasteiger partial charge < -0.3 is 20.3 Å². The molecule has 1 aromatic carbocycles. The highest BCUT2D eigenvalue weighted by Gasteiger charge is 2.23. The number of aliphatic hydroxyl groups excluding tert-OH is 2. The summed E-state index contributed by atoms with van der Waals surface area (Å²) in [6.07, 6.45) is 2.97. The molecule has 1 aromatic rings. The van der Waals surface area contributed by atoms with Crippen LogP contribution in [0, 0.1) is 0 Å². The van der Waals surface area contributed by atoms with Crippen LogP contribution in [0.4, 0.5) is 0 Å². The SMILES string of the molecule is OC(CNC1CCCCC1O)COc1ccc(Cl)cc1Cl. The van der Waals surface area contributed by atoms with Crippen molar-refractivity contribution in [3.63, 3.8) is 0 Å². The Kier molecular flexibility index (Phi) is 6.58. The Morgan fingerprint density at radius 2 is 2.05 bits per heavy atom. The number of nitrogens with one attached hydrogen (secondary N) is 1. The zero-order valence-electron chi connectivity index (χ0n) is 11.8. The van der Waals surface area contributed by atoms with Crippen LogP contribution in [0.1, 0.15) is 25.7 Å². The average Bonchev–Trinajstić information content (AvgIpc) is 2.45. The molecular formula is C15H21Cl2NO3. The molecule has 0 radical (unpaired) electrons. The molecule has 3 N–H and O–H groups in total. The Bertz CT molecular complexity index is 459. The molecule has 0 aliphatic heterocycles. The van der Waals surface area contributed by atoms with Crippen molar-refractivity contribution < 1.29 is 14.9 Å². The topological polar surface area (TPSA) is 61.7 Å². The summed E-state index contributed by atoms with van der Waals surface area (Å²) in [5, 5.41) is 23.9. The highest BCUT2D eigenvalue weighted by molar-refractivity contribution is 6.35. The van der Waals surface area contributed by atoms with Crippen molar-refractivity contribution in [1.29, 1.82) is 0 Å². The molecule has 1 saturated carbocycles. The first-order valence-electron chi connectivity index (χ1n) is 7.23. The van der Waals surface area contributed by atoms with E-state index in [1.807, 2.05) is 0 Å². The molecule has 0 aromatic heterocycles. The van der Waals surface area contributed by atoms with Gasteiger partial charge >= 0.3 is 0 Å². The van der Waals surface area contributed by atoms with Gasteiger partial charge in [-0.05, 0) is 31.0 Å². The van der Waals surface area contributed by atoms with E-state index in [0.717, 1.165) is 25.7 Å². The predicted molar refractivity (Wildman–Crippen MR) is 84.2 cm³/mol. The molecular weight excluding hydrogens is 313 g/mol. The van der Waals surface area contributed by atoms with Gasteiger partial charge in [0, 0.05) is 17.6 Å². The van der Waals surface area contributed by atoms with Crippen molar-refractivity contribution in [3.05, 3.63) is 28.2 Å². The van der Waals surface area contributed by atoms with Gasteiger partial charge in [-0.3, -0.25) is 0 Å². The summed E-state index contributed by atoms with van der Waals surface area (Å²) >= 11 is 11.8. The van der Waals surface area contributed by atoms with Gasteiger partial charge in [-0.2, -0.15) is 0 Å². The number of benzene rings is 1. The fourth-order valence-corrected chi connectivity index (χ4v) is 2.94. The van der Waals surface area contributed by atoms with Crippen molar-refractivity contribution in [2.45, 2.75) is 43.9 Å². The summed E-state index contributed by atoms with van der Waals surface area (Å²) < 4.78 is 5.48. The minimum Gasteiger partial charge on any atom is -0.489 e. The number of ether oxygens (including phenoxy) is 1. The highest BCUT2D eigenvalue weighted by atomic mass is 35.5. The third kappa shape index (κ3) is 5.31. The molecule has 0 saturated heterocycles. The Hall–Kier alpha value is -0.520. The third-order valence-electron chi connectivity index (χ3n) is 3.67. The van der Waals surface area contributed by atoms with E-state index in [9.17, 15) is 10.2 Å². The second-order valence-electron chi connectivity index (χ2n) is 5.41. The van der Waals surface area contributed by atoms with Crippen LogP contribution in [-0.4, -0.2) is 41.6 Å². The van der Waals surface area contributed by atoms with Gasteiger partial charge in [0.25, 0.3) is 0 Å². The van der Waals surface area contributed by atoms with Crippen LogP contribution in [0.3, 0.4) is 0 Å². The van der Waals surface area contributed by atoms with Crippen LogP contribution in [0.5, 0.6) is 5.75 Å². The van der Waals surface area contributed by atoms with E-state index in [1.165, 1.54) is 0 Å². The van der Waals surface area contributed by atoms with Crippen LogP contribution in [-0.2, 0) is 0 Å². The van der Waals surface area contributed by atoms with Crippen molar-refractivity contribution in [1.82, 2.24) is 5.32 Å². The molecule has 0 bridgehead atoms. The summed E-state index contributed by atoms with van der Waals surface area (Å²) in [4.78, 5) is 0. The first-order chi connectivity index (χ1) is 10.1. The Morgan fingerprint density at radius 3 is 2.76 bits per heavy atom. The normalized spacial score (nSPS) is 23.8. The van der Waals surface area contributed by atoms with Crippen LogP contribution in [0.25, 0.3) is 0 Å². The van der Waals surface area contributed by atoms with Crippen LogP contribution in [0.2, 0.25) is 10.0 Å². The first kappa shape index (κ1) is 16.8. The zero-order valence-corrected chi connectivity index (χ0v) is 13.3.